The van der Waals surface area contributed by atoms with Crippen LogP contribution in [0, 0.1) is 13.8 Å². The van der Waals surface area contributed by atoms with Crippen LogP contribution >= 0.6 is 0 Å². The lowest BCUT2D eigenvalue weighted by molar-refractivity contribution is 0.0643. The van der Waals surface area contributed by atoms with E-state index in [4.69, 9.17) is 5.11 Å². The van der Waals surface area contributed by atoms with Crippen molar-refractivity contribution in [3.8, 4) is 11.5 Å². The summed E-state index contributed by atoms with van der Waals surface area (Å²) in [6, 6.07) is 0. The zero-order valence-corrected chi connectivity index (χ0v) is 9.63. The fraction of sp³-hybridized carbons (Fsp3) is 0.200. The molecule has 3 aromatic rings. The molecule has 0 fully saturated rings. The first-order valence-corrected chi connectivity index (χ1v) is 5.18. The first kappa shape index (κ1) is 10.5. The first-order chi connectivity index (χ1) is 8.56. The molecular weight excluding hydrogens is 238 g/mol. The third kappa shape index (κ3) is 1.39. The number of nitrogens with zero attached hydrogens (tertiary/aromatic N) is 4. The van der Waals surface area contributed by atoms with Gasteiger partial charge in [0.05, 0.1) is 0 Å². The number of fused-ring (bicyclic) bond motifs is 1. The van der Waals surface area contributed by atoms with E-state index in [-0.39, 0.29) is 5.82 Å². The van der Waals surface area contributed by atoms with Crippen LogP contribution in [0.1, 0.15) is 22.1 Å². The van der Waals surface area contributed by atoms with Crippen LogP contribution in [0.2, 0.25) is 0 Å². The second-order valence-corrected chi connectivity index (χ2v) is 3.88. The van der Waals surface area contributed by atoms with Crippen molar-refractivity contribution in [2.24, 2.45) is 0 Å². The number of imidazole rings is 2. The van der Waals surface area contributed by atoms with Crippen LogP contribution in [0.25, 0.3) is 17.3 Å². The molecule has 92 valence electrons. The summed E-state index contributed by atoms with van der Waals surface area (Å²) in [5.41, 5.74) is 2.50. The fourth-order valence-electron chi connectivity index (χ4n) is 1.69. The summed E-state index contributed by atoms with van der Waals surface area (Å²) in [6.45, 7) is 3.89. The van der Waals surface area contributed by atoms with Gasteiger partial charge in [0.2, 0.25) is 11.6 Å². The highest BCUT2D eigenvalue weighted by molar-refractivity contribution is 5.82. The number of aromatic carboxylic acids is 1. The Morgan fingerprint density at radius 3 is 2.83 bits per heavy atom. The maximum Gasteiger partial charge on any atom is 0.394 e. The SMILES string of the molecule is Cc1[nH]c2nc(-c3noc(C(=O)O)n3)cn2c1C. The largest absolute Gasteiger partial charge is 0.474 e. The molecule has 0 saturated heterocycles. The number of nitrogens with one attached hydrogen (secondary N) is 1. The minimum atomic E-state index is -1.26. The van der Waals surface area contributed by atoms with Crippen molar-refractivity contribution >= 4 is 11.7 Å². The third-order valence-electron chi connectivity index (χ3n) is 2.75. The minimum absolute atomic E-state index is 0.154. The highest BCUT2D eigenvalue weighted by atomic mass is 16.5. The Hall–Kier alpha value is -2.64. The van der Waals surface area contributed by atoms with Gasteiger partial charge in [0.1, 0.15) is 5.69 Å². The van der Waals surface area contributed by atoms with E-state index in [1.807, 2.05) is 18.2 Å². The maximum atomic E-state index is 10.6. The summed E-state index contributed by atoms with van der Waals surface area (Å²) in [7, 11) is 0. The van der Waals surface area contributed by atoms with Crippen LogP contribution in [0.15, 0.2) is 10.7 Å². The number of aromatic amines is 1. The number of carbonyl (C=O) groups is 1. The van der Waals surface area contributed by atoms with Crippen LogP contribution in [0.3, 0.4) is 0 Å². The van der Waals surface area contributed by atoms with Gasteiger partial charge in [-0.1, -0.05) is 5.16 Å². The van der Waals surface area contributed by atoms with Crippen molar-refractivity contribution in [3.05, 3.63) is 23.5 Å². The summed E-state index contributed by atoms with van der Waals surface area (Å²) in [5.74, 6) is -0.900. The number of aromatic nitrogens is 5. The summed E-state index contributed by atoms with van der Waals surface area (Å²) in [6.07, 6.45) is 1.73. The summed E-state index contributed by atoms with van der Waals surface area (Å²) in [4.78, 5) is 21.7. The van der Waals surface area contributed by atoms with Gasteiger partial charge in [-0.15, -0.1) is 0 Å². The smallest absolute Gasteiger partial charge is 0.394 e. The summed E-state index contributed by atoms with van der Waals surface area (Å²) < 4.78 is 6.44. The molecule has 3 heterocycles. The van der Waals surface area contributed by atoms with Crippen molar-refractivity contribution in [1.82, 2.24) is 24.5 Å². The number of hydrogen-bond acceptors (Lipinski definition) is 5. The molecule has 8 nitrogen and oxygen atoms in total. The standard InChI is InChI=1S/C10H9N5O3/c1-4-5(2)15-3-6(12-10(15)11-4)7-13-8(9(16)17)18-14-7/h3H,1-2H3,(H,11,12)(H,16,17). The molecule has 0 spiro atoms. The van der Waals surface area contributed by atoms with Crippen LogP contribution in [-0.4, -0.2) is 35.6 Å². The van der Waals surface area contributed by atoms with Gasteiger partial charge in [0.15, 0.2) is 0 Å². The lowest BCUT2D eigenvalue weighted by atomic mass is 10.4. The number of carboxylic acids is 1. The lowest BCUT2D eigenvalue weighted by Gasteiger charge is -1.88. The second-order valence-electron chi connectivity index (χ2n) is 3.88. The van der Waals surface area contributed by atoms with E-state index in [9.17, 15) is 4.79 Å². The van der Waals surface area contributed by atoms with E-state index < -0.39 is 11.9 Å². The Kier molecular flexibility index (Phi) is 2.00. The van der Waals surface area contributed by atoms with E-state index in [2.05, 4.69) is 24.6 Å². The van der Waals surface area contributed by atoms with E-state index >= 15 is 0 Å². The van der Waals surface area contributed by atoms with Gasteiger partial charge in [0, 0.05) is 17.6 Å². The van der Waals surface area contributed by atoms with Crippen LogP contribution in [-0.2, 0) is 0 Å². The van der Waals surface area contributed by atoms with E-state index in [1.54, 1.807) is 6.20 Å². The molecule has 0 aliphatic carbocycles. The molecule has 18 heavy (non-hydrogen) atoms. The van der Waals surface area contributed by atoms with Gasteiger partial charge in [0.25, 0.3) is 0 Å². The fourth-order valence-corrected chi connectivity index (χ4v) is 1.69. The van der Waals surface area contributed by atoms with Crippen molar-refractivity contribution in [1.29, 1.82) is 0 Å². The zero-order chi connectivity index (χ0) is 12.9. The Labute approximate surface area is 100 Å². The molecule has 0 bridgehead atoms. The van der Waals surface area contributed by atoms with Crippen molar-refractivity contribution in [3.63, 3.8) is 0 Å². The van der Waals surface area contributed by atoms with Crippen LogP contribution in [0.4, 0.5) is 0 Å². The Morgan fingerprint density at radius 1 is 1.44 bits per heavy atom. The average Bonchev–Trinajstić information content (AvgIpc) is 2.97. The molecule has 0 atom stereocenters. The molecule has 0 aromatic carbocycles. The monoisotopic (exact) mass is 247 g/mol. The molecule has 0 radical (unpaired) electrons. The number of H-pyrrole nitrogens is 1. The van der Waals surface area contributed by atoms with E-state index in [0.717, 1.165) is 11.4 Å². The molecule has 3 aromatic heterocycles. The number of aryl methyl sites for hydroxylation is 2. The highest BCUT2D eigenvalue weighted by Gasteiger charge is 2.17. The molecular formula is C10H9N5O3. The molecule has 0 saturated carbocycles. The lowest BCUT2D eigenvalue weighted by Crippen LogP contribution is -1.95. The second kappa shape index (κ2) is 3.42. The summed E-state index contributed by atoms with van der Waals surface area (Å²) >= 11 is 0. The summed E-state index contributed by atoms with van der Waals surface area (Å²) in [5, 5.41) is 12.3. The molecule has 0 aliphatic rings. The predicted molar refractivity (Wildman–Crippen MR) is 59.3 cm³/mol. The number of hydrogen-bond donors (Lipinski definition) is 2. The Balaban J connectivity index is 2.10. The minimum Gasteiger partial charge on any atom is -0.474 e. The Morgan fingerprint density at radius 2 is 2.22 bits per heavy atom. The van der Waals surface area contributed by atoms with Crippen molar-refractivity contribution < 1.29 is 14.4 Å². The van der Waals surface area contributed by atoms with E-state index in [1.165, 1.54) is 0 Å². The molecule has 2 N–H and O–H groups in total. The van der Waals surface area contributed by atoms with Crippen LogP contribution < -0.4 is 0 Å². The molecule has 3 rings (SSSR count). The number of carboxylic acid groups (broad SMARTS) is 1. The average molecular weight is 247 g/mol. The Bertz CT molecular complexity index is 751. The van der Waals surface area contributed by atoms with Gasteiger partial charge in [-0.2, -0.15) is 4.98 Å². The normalized spacial score (nSPS) is 11.2. The zero-order valence-electron chi connectivity index (χ0n) is 9.63. The molecule has 0 amide bonds. The quantitative estimate of drug-likeness (QED) is 0.699. The highest BCUT2D eigenvalue weighted by Crippen LogP contribution is 2.18. The molecule has 0 aliphatic heterocycles. The van der Waals surface area contributed by atoms with E-state index in [0.29, 0.717) is 11.5 Å². The van der Waals surface area contributed by atoms with Gasteiger partial charge in [-0.05, 0) is 13.8 Å². The van der Waals surface area contributed by atoms with Gasteiger partial charge in [-0.25, -0.2) is 9.78 Å². The topological polar surface area (TPSA) is 109 Å². The van der Waals surface area contributed by atoms with Gasteiger partial charge < -0.3 is 14.6 Å². The van der Waals surface area contributed by atoms with Gasteiger partial charge in [-0.3, -0.25) is 4.40 Å². The predicted octanol–water partition coefficient (Wildman–Crippen LogP) is 1.03. The molecule has 0 unspecified atom stereocenters. The maximum absolute atomic E-state index is 10.6. The number of rotatable bonds is 2. The third-order valence-corrected chi connectivity index (χ3v) is 2.75. The first-order valence-electron chi connectivity index (χ1n) is 5.18. The van der Waals surface area contributed by atoms with Crippen molar-refractivity contribution in [2.45, 2.75) is 13.8 Å². The van der Waals surface area contributed by atoms with Crippen LogP contribution in [0.5, 0.6) is 0 Å². The molecule has 8 heteroatoms. The van der Waals surface area contributed by atoms with Gasteiger partial charge >= 0.3 is 11.9 Å². The van der Waals surface area contributed by atoms with Crippen molar-refractivity contribution in [2.75, 3.05) is 0 Å².